The molecular weight excluding hydrogens is 311 g/mol. The molecule has 0 amide bonds. The number of benzene rings is 2. The Labute approximate surface area is 138 Å². The monoisotopic (exact) mass is 326 g/mol. The number of hydrogen-bond acceptors (Lipinski definition) is 4. The molecule has 0 aliphatic carbocycles. The molecule has 0 saturated carbocycles. The van der Waals surface area contributed by atoms with E-state index in [1.54, 1.807) is 36.4 Å². The van der Waals surface area contributed by atoms with Gasteiger partial charge in [-0.1, -0.05) is 37.4 Å². The summed E-state index contributed by atoms with van der Waals surface area (Å²) in [7, 11) is 0. The number of carbonyl (C=O) groups excluding carboxylic acids is 2. The van der Waals surface area contributed by atoms with Crippen molar-refractivity contribution in [2.24, 2.45) is 0 Å². The quantitative estimate of drug-likeness (QED) is 0.460. The number of rotatable bonds is 6. The summed E-state index contributed by atoms with van der Waals surface area (Å²) in [6, 6.07) is 11.2. The molecule has 5 heteroatoms. The van der Waals surface area contributed by atoms with Gasteiger partial charge < -0.3 is 9.47 Å². The Bertz CT molecular complexity index is 778. The third-order valence-electron chi connectivity index (χ3n) is 3.16. The van der Waals surface area contributed by atoms with E-state index in [1.165, 1.54) is 6.07 Å². The molecule has 0 aliphatic heterocycles. The lowest BCUT2D eigenvalue weighted by atomic mass is 10.0. The van der Waals surface area contributed by atoms with E-state index >= 15 is 0 Å². The van der Waals surface area contributed by atoms with Crippen molar-refractivity contribution in [2.75, 3.05) is 0 Å². The van der Waals surface area contributed by atoms with Gasteiger partial charge in [0.05, 0.1) is 0 Å². The molecule has 0 spiro atoms. The highest BCUT2D eigenvalue weighted by Gasteiger charge is 2.08. The third-order valence-corrected chi connectivity index (χ3v) is 3.16. The van der Waals surface area contributed by atoms with Crippen LogP contribution in [0, 0.1) is 5.82 Å². The summed E-state index contributed by atoms with van der Waals surface area (Å²) in [6.07, 6.45) is 2.09. The van der Waals surface area contributed by atoms with E-state index in [0.29, 0.717) is 11.3 Å². The van der Waals surface area contributed by atoms with Gasteiger partial charge in [0.15, 0.2) is 0 Å². The van der Waals surface area contributed by atoms with E-state index < -0.39 is 17.8 Å². The first-order chi connectivity index (χ1) is 11.5. The highest BCUT2D eigenvalue weighted by Crippen LogP contribution is 2.24. The van der Waals surface area contributed by atoms with Crippen molar-refractivity contribution in [1.29, 1.82) is 0 Å². The first-order valence-electron chi connectivity index (χ1n) is 7.06. The zero-order valence-electron chi connectivity index (χ0n) is 12.8. The molecule has 0 heterocycles. The molecule has 2 rings (SSSR count). The Kier molecular flexibility index (Phi) is 5.63. The van der Waals surface area contributed by atoms with E-state index in [-0.39, 0.29) is 12.2 Å². The van der Waals surface area contributed by atoms with Crippen LogP contribution < -0.4 is 4.74 Å². The highest BCUT2D eigenvalue weighted by atomic mass is 19.1. The Morgan fingerprint density at radius 3 is 2.17 bits per heavy atom. The van der Waals surface area contributed by atoms with Gasteiger partial charge in [-0.3, -0.25) is 0 Å². The number of esters is 2. The predicted octanol–water partition coefficient (Wildman–Crippen LogP) is 3.81. The first-order valence-corrected chi connectivity index (χ1v) is 7.06. The molecule has 0 saturated heterocycles. The van der Waals surface area contributed by atoms with Crippen molar-refractivity contribution in [2.45, 2.75) is 6.61 Å². The zero-order chi connectivity index (χ0) is 17.5. The van der Waals surface area contributed by atoms with Crippen molar-refractivity contribution in [1.82, 2.24) is 0 Å². The third kappa shape index (κ3) is 4.39. The first kappa shape index (κ1) is 17.1. The highest BCUT2D eigenvalue weighted by molar-refractivity contribution is 5.83. The van der Waals surface area contributed by atoms with Crippen LogP contribution in [0.25, 0.3) is 11.1 Å². The number of carbonyl (C=O) groups is 2. The molecule has 2 aromatic carbocycles. The second kappa shape index (κ2) is 7.87. The summed E-state index contributed by atoms with van der Waals surface area (Å²) in [5.41, 5.74) is 1.67. The van der Waals surface area contributed by atoms with Gasteiger partial charge in [0, 0.05) is 17.7 Å². The van der Waals surface area contributed by atoms with Crippen LogP contribution in [0.1, 0.15) is 5.56 Å². The molecule has 122 valence electrons. The van der Waals surface area contributed by atoms with Gasteiger partial charge in [0.2, 0.25) is 0 Å². The summed E-state index contributed by atoms with van der Waals surface area (Å²) < 4.78 is 23.9. The minimum absolute atomic E-state index is 0.159. The lowest BCUT2D eigenvalue weighted by Gasteiger charge is -2.08. The second-order valence-electron chi connectivity index (χ2n) is 4.77. The standard InChI is InChI=1S/C19H15FO4/c1-3-18(21)23-12-15-6-5-14(11-17(15)20)13-7-9-16(10-8-13)24-19(22)4-2/h3-11H,1-2,12H2. The Hall–Kier alpha value is -3.21. The number of halogens is 1. The van der Waals surface area contributed by atoms with Crippen molar-refractivity contribution in [3.63, 3.8) is 0 Å². The summed E-state index contributed by atoms with van der Waals surface area (Å²) in [6.45, 7) is 6.43. The summed E-state index contributed by atoms with van der Waals surface area (Å²) >= 11 is 0. The molecule has 0 unspecified atom stereocenters. The van der Waals surface area contributed by atoms with Crippen molar-refractivity contribution in [3.8, 4) is 16.9 Å². The van der Waals surface area contributed by atoms with Gasteiger partial charge in [-0.2, -0.15) is 0 Å². The molecule has 0 fully saturated rings. The van der Waals surface area contributed by atoms with Gasteiger partial charge in [-0.05, 0) is 29.3 Å². The fraction of sp³-hybridized carbons (Fsp3) is 0.0526. The van der Waals surface area contributed by atoms with E-state index in [0.717, 1.165) is 17.7 Å². The van der Waals surface area contributed by atoms with Gasteiger partial charge in [-0.15, -0.1) is 0 Å². The van der Waals surface area contributed by atoms with Crippen LogP contribution in [0.2, 0.25) is 0 Å². The number of hydrogen-bond donors (Lipinski definition) is 0. The largest absolute Gasteiger partial charge is 0.458 e. The van der Waals surface area contributed by atoms with Crippen LogP contribution in [0.3, 0.4) is 0 Å². The SMILES string of the molecule is C=CC(=O)OCc1ccc(-c2ccc(OC(=O)C=C)cc2)cc1F. The molecule has 0 atom stereocenters. The Morgan fingerprint density at radius 2 is 1.58 bits per heavy atom. The van der Waals surface area contributed by atoms with Crippen LogP contribution in [0.4, 0.5) is 4.39 Å². The summed E-state index contributed by atoms with van der Waals surface area (Å²) in [5.74, 6) is -1.26. The summed E-state index contributed by atoms with van der Waals surface area (Å²) in [5, 5.41) is 0. The maximum Gasteiger partial charge on any atom is 0.335 e. The maximum atomic E-state index is 14.1. The smallest absolute Gasteiger partial charge is 0.335 e. The average Bonchev–Trinajstić information content (AvgIpc) is 2.60. The van der Waals surface area contributed by atoms with Crippen LogP contribution in [-0.4, -0.2) is 11.9 Å². The van der Waals surface area contributed by atoms with Gasteiger partial charge in [-0.25, -0.2) is 14.0 Å². The van der Waals surface area contributed by atoms with Gasteiger partial charge in [0.1, 0.15) is 18.2 Å². The second-order valence-corrected chi connectivity index (χ2v) is 4.77. The molecule has 0 radical (unpaired) electrons. The zero-order valence-corrected chi connectivity index (χ0v) is 12.8. The molecule has 2 aromatic rings. The van der Waals surface area contributed by atoms with Crippen molar-refractivity contribution < 1.29 is 23.5 Å². The fourth-order valence-electron chi connectivity index (χ4n) is 1.92. The minimum atomic E-state index is -0.608. The Balaban J connectivity index is 2.13. The van der Waals surface area contributed by atoms with Crippen LogP contribution >= 0.6 is 0 Å². The van der Waals surface area contributed by atoms with E-state index in [9.17, 15) is 14.0 Å². The molecule has 24 heavy (non-hydrogen) atoms. The molecular formula is C19H15FO4. The fourth-order valence-corrected chi connectivity index (χ4v) is 1.92. The molecule has 0 N–H and O–H groups in total. The molecule has 0 bridgehead atoms. The van der Waals surface area contributed by atoms with E-state index in [1.807, 2.05) is 0 Å². The Morgan fingerprint density at radius 1 is 0.958 bits per heavy atom. The van der Waals surface area contributed by atoms with Crippen molar-refractivity contribution >= 4 is 11.9 Å². The normalized spacial score (nSPS) is 9.88. The molecule has 0 aliphatic rings. The van der Waals surface area contributed by atoms with E-state index in [2.05, 4.69) is 13.2 Å². The lowest BCUT2D eigenvalue weighted by Crippen LogP contribution is -2.03. The topological polar surface area (TPSA) is 52.6 Å². The minimum Gasteiger partial charge on any atom is -0.458 e. The molecule has 0 aromatic heterocycles. The summed E-state index contributed by atoms with van der Waals surface area (Å²) in [4.78, 5) is 22.1. The van der Waals surface area contributed by atoms with E-state index in [4.69, 9.17) is 9.47 Å². The predicted molar refractivity (Wildman–Crippen MR) is 87.7 cm³/mol. The maximum absolute atomic E-state index is 14.1. The lowest BCUT2D eigenvalue weighted by molar-refractivity contribution is -0.139. The van der Waals surface area contributed by atoms with Crippen molar-refractivity contribution in [3.05, 3.63) is 79.2 Å². The number of ether oxygens (including phenoxy) is 2. The van der Waals surface area contributed by atoms with Crippen LogP contribution in [0.15, 0.2) is 67.8 Å². The van der Waals surface area contributed by atoms with Crippen LogP contribution in [-0.2, 0) is 20.9 Å². The van der Waals surface area contributed by atoms with Gasteiger partial charge >= 0.3 is 11.9 Å². The van der Waals surface area contributed by atoms with Gasteiger partial charge in [0.25, 0.3) is 0 Å². The van der Waals surface area contributed by atoms with Crippen LogP contribution in [0.5, 0.6) is 5.75 Å². The molecule has 4 nitrogen and oxygen atoms in total. The average molecular weight is 326 g/mol.